The van der Waals surface area contributed by atoms with Crippen LogP contribution in [0, 0.1) is 24.6 Å². The number of nitrogens with zero attached hydrogens (tertiary/aromatic N) is 1. The third-order valence-electron chi connectivity index (χ3n) is 6.92. The predicted molar refractivity (Wildman–Crippen MR) is 93.2 cm³/mol. The Morgan fingerprint density at radius 3 is 2.65 bits per heavy atom. The minimum Gasteiger partial charge on any atom is -0.300 e. The Bertz CT molecular complexity index is 547. The van der Waals surface area contributed by atoms with E-state index in [1.54, 1.807) is 12.1 Å². The smallest absolute Gasteiger partial charge is 0.123 e. The maximum Gasteiger partial charge on any atom is 0.123 e. The Balaban J connectivity index is 1.41. The first-order valence-electron chi connectivity index (χ1n) is 9.71. The molecule has 2 aliphatic carbocycles. The van der Waals surface area contributed by atoms with Crippen molar-refractivity contribution >= 4 is 0 Å². The monoisotopic (exact) mass is 315 g/mol. The lowest BCUT2D eigenvalue weighted by Crippen LogP contribution is -2.44. The number of piperidine rings is 1. The van der Waals surface area contributed by atoms with E-state index in [4.69, 9.17) is 0 Å². The lowest BCUT2D eigenvalue weighted by molar-refractivity contribution is 0.104. The third kappa shape index (κ3) is 3.20. The van der Waals surface area contributed by atoms with E-state index in [9.17, 15) is 4.39 Å². The van der Waals surface area contributed by atoms with E-state index in [2.05, 4.69) is 11.8 Å². The molecule has 1 aromatic rings. The maximum absolute atomic E-state index is 13.6. The van der Waals surface area contributed by atoms with Gasteiger partial charge in [0.2, 0.25) is 0 Å². The number of hydrogen-bond donors (Lipinski definition) is 0. The SMILES string of the molecule is Cc1ccc(F)cc1C1CCN([C@H]2CCC[C@H]3CC[C@H]2C3)CC1. The standard InChI is InChI=1S/C21H30FN/c1-15-5-8-19(22)14-20(15)17-9-11-23(12-10-17)21-4-2-3-16-6-7-18(21)13-16/h5,8,14,16-18,21H,2-4,6-7,9-13H2,1H3/t16-,18-,21-/m0/s1. The van der Waals surface area contributed by atoms with Gasteiger partial charge in [-0.2, -0.15) is 0 Å². The number of hydrogen-bond acceptors (Lipinski definition) is 1. The number of halogens is 1. The number of rotatable bonds is 2. The molecule has 1 heterocycles. The summed E-state index contributed by atoms with van der Waals surface area (Å²) in [6.07, 6.45) is 11.2. The van der Waals surface area contributed by atoms with Gasteiger partial charge in [-0.1, -0.05) is 25.3 Å². The lowest BCUT2D eigenvalue weighted by Gasteiger charge is -2.40. The van der Waals surface area contributed by atoms with Crippen LogP contribution >= 0.6 is 0 Å². The van der Waals surface area contributed by atoms with Crippen molar-refractivity contribution < 1.29 is 4.39 Å². The Morgan fingerprint density at radius 1 is 1.00 bits per heavy atom. The Labute approximate surface area is 140 Å². The summed E-state index contributed by atoms with van der Waals surface area (Å²) in [5.41, 5.74) is 2.52. The van der Waals surface area contributed by atoms with E-state index in [-0.39, 0.29) is 5.82 Å². The van der Waals surface area contributed by atoms with E-state index >= 15 is 0 Å². The van der Waals surface area contributed by atoms with Gasteiger partial charge in [0, 0.05) is 6.04 Å². The average molecular weight is 315 g/mol. The summed E-state index contributed by atoms with van der Waals surface area (Å²) >= 11 is 0. The van der Waals surface area contributed by atoms with Gasteiger partial charge in [0.25, 0.3) is 0 Å². The fraction of sp³-hybridized carbons (Fsp3) is 0.714. The van der Waals surface area contributed by atoms with Crippen molar-refractivity contribution in [2.45, 2.75) is 70.3 Å². The molecule has 1 nitrogen and oxygen atoms in total. The normalized spacial score (nSPS) is 32.9. The van der Waals surface area contributed by atoms with Crippen molar-refractivity contribution in [2.24, 2.45) is 11.8 Å². The summed E-state index contributed by atoms with van der Waals surface area (Å²) in [4.78, 5) is 2.80. The van der Waals surface area contributed by atoms with Crippen LogP contribution in [0.5, 0.6) is 0 Å². The Morgan fingerprint density at radius 2 is 1.83 bits per heavy atom. The van der Waals surface area contributed by atoms with Crippen molar-refractivity contribution in [3.63, 3.8) is 0 Å². The highest BCUT2D eigenvalue weighted by Gasteiger charge is 2.37. The van der Waals surface area contributed by atoms with Gasteiger partial charge in [-0.3, -0.25) is 0 Å². The van der Waals surface area contributed by atoms with Crippen LogP contribution in [0.2, 0.25) is 0 Å². The van der Waals surface area contributed by atoms with Gasteiger partial charge in [0.05, 0.1) is 0 Å². The van der Waals surface area contributed by atoms with Gasteiger partial charge < -0.3 is 4.90 Å². The third-order valence-corrected chi connectivity index (χ3v) is 6.92. The minimum absolute atomic E-state index is 0.0752. The molecule has 0 N–H and O–H groups in total. The molecule has 2 saturated carbocycles. The van der Waals surface area contributed by atoms with Crippen LogP contribution < -0.4 is 0 Å². The molecule has 0 radical (unpaired) electrons. The van der Waals surface area contributed by atoms with Crippen molar-refractivity contribution in [1.82, 2.24) is 4.90 Å². The summed E-state index contributed by atoms with van der Waals surface area (Å²) in [5, 5.41) is 0. The van der Waals surface area contributed by atoms with Gasteiger partial charge >= 0.3 is 0 Å². The van der Waals surface area contributed by atoms with Crippen LogP contribution in [0.1, 0.15) is 68.4 Å². The van der Waals surface area contributed by atoms with Crippen LogP contribution in [-0.2, 0) is 0 Å². The van der Waals surface area contributed by atoms with E-state index in [0.717, 1.165) is 17.9 Å². The molecule has 2 heteroatoms. The van der Waals surface area contributed by atoms with Gasteiger partial charge in [-0.05, 0) is 93.1 Å². The van der Waals surface area contributed by atoms with Gasteiger partial charge in [-0.25, -0.2) is 4.39 Å². The molecule has 23 heavy (non-hydrogen) atoms. The number of fused-ring (bicyclic) bond motifs is 2. The molecule has 3 atom stereocenters. The van der Waals surface area contributed by atoms with Crippen molar-refractivity contribution in [1.29, 1.82) is 0 Å². The predicted octanol–water partition coefficient (Wildman–Crippen LogP) is 5.28. The molecule has 126 valence electrons. The molecular weight excluding hydrogens is 285 g/mol. The van der Waals surface area contributed by atoms with E-state index in [0.29, 0.717) is 5.92 Å². The summed E-state index contributed by atoms with van der Waals surface area (Å²) in [7, 11) is 0. The van der Waals surface area contributed by atoms with Crippen molar-refractivity contribution in [3.8, 4) is 0 Å². The van der Waals surface area contributed by atoms with Crippen LogP contribution in [0.15, 0.2) is 18.2 Å². The van der Waals surface area contributed by atoms with Crippen LogP contribution in [0.3, 0.4) is 0 Å². The zero-order valence-electron chi connectivity index (χ0n) is 14.4. The summed E-state index contributed by atoms with van der Waals surface area (Å²) in [5.74, 6) is 2.49. The van der Waals surface area contributed by atoms with E-state index in [1.807, 2.05) is 6.07 Å². The highest BCUT2D eigenvalue weighted by molar-refractivity contribution is 5.30. The first-order valence-corrected chi connectivity index (χ1v) is 9.71. The average Bonchev–Trinajstić information content (AvgIpc) is 2.91. The highest BCUT2D eigenvalue weighted by atomic mass is 19.1. The van der Waals surface area contributed by atoms with Crippen molar-refractivity contribution in [3.05, 3.63) is 35.1 Å². The molecule has 0 aromatic heterocycles. The molecule has 3 aliphatic rings. The molecule has 0 unspecified atom stereocenters. The topological polar surface area (TPSA) is 3.24 Å². The van der Waals surface area contributed by atoms with Gasteiger partial charge in [0.15, 0.2) is 0 Å². The van der Waals surface area contributed by atoms with Crippen LogP contribution in [0.4, 0.5) is 4.39 Å². The van der Waals surface area contributed by atoms with Gasteiger partial charge in [-0.15, -0.1) is 0 Å². The first-order chi connectivity index (χ1) is 11.2. The molecule has 1 saturated heterocycles. The highest BCUT2D eigenvalue weighted by Crippen LogP contribution is 2.43. The molecule has 1 aromatic carbocycles. The first kappa shape index (κ1) is 15.6. The second-order valence-corrected chi connectivity index (χ2v) is 8.25. The molecule has 2 bridgehead atoms. The van der Waals surface area contributed by atoms with Crippen LogP contribution in [0.25, 0.3) is 0 Å². The van der Waals surface area contributed by atoms with Gasteiger partial charge in [0.1, 0.15) is 5.82 Å². The summed E-state index contributed by atoms with van der Waals surface area (Å²) < 4.78 is 13.6. The molecular formula is C21H30FN. The molecule has 4 rings (SSSR count). The Kier molecular flexibility index (Phi) is 4.45. The maximum atomic E-state index is 13.6. The molecule has 0 amide bonds. The number of likely N-dealkylation sites (tertiary alicyclic amines) is 1. The molecule has 0 spiro atoms. The second kappa shape index (κ2) is 6.55. The number of benzene rings is 1. The fourth-order valence-corrected chi connectivity index (χ4v) is 5.65. The summed E-state index contributed by atoms with van der Waals surface area (Å²) in [6, 6.07) is 6.16. The molecule has 3 fully saturated rings. The fourth-order valence-electron chi connectivity index (χ4n) is 5.65. The molecule has 1 aliphatic heterocycles. The zero-order valence-corrected chi connectivity index (χ0v) is 14.4. The zero-order chi connectivity index (χ0) is 15.8. The van der Waals surface area contributed by atoms with Crippen LogP contribution in [-0.4, -0.2) is 24.0 Å². The Hall–Kier alpha value is -0.890. The van der Waals surface area contributed by atoms with E-state index in [1.165, 1.54) is 75.6 Å². The quantitative estimate of drug-likeness (QED) is 0.717. The lowest BCUT2D eigenvalue weighted by atomic mass is 9.84. The van der Waals surface area contributed by atoms with Crippen molar-refractivity contribution in [2.75, 3.05) is 13.1 Å². The largest absolute Gasteiger partial charge is 0.300 e. The number of aryl methyl sites for hydroxylation is 1. The summed E-state index contributed by atoms with van der Waals surface area (Å²) in [6.45, 7) is 4.56. The minimum atomic E-state index is -0.0752. The van der Waals surface area contributed by atoms with E-state index < -0.39 is 0 Å². The second-order valence-electron chi connectivity index (χ2n) is 8.25.